The smallest absolute Gasteiger partial charge is 0.408 e. The van der Waals surface area contributed by atoms with Crippen LogP contribution in [0.4, 0.5) is 4.79 Å². The maximum atomic E-state index is 12.7. The van der Waals surface area contributed by atoms with Crippen molar-refractivity contribution in [2.24, 2.45) is 0 Å². The molecule has 0 heterocycles. The van der Waals surface area contributed by atoms with Gasteiger partial charge in [-0.05, 0) is 87.9 Å². The van der Waals surface area contributed by atoms with Crippen molar-refractivity contribution in [3.63, 3.8) is 0 Å². The summed E-state index contributed by atoms with van der Waals surface area (Å²) in [6.07, 6.45) is -0.433. The van der Waals surface area contributed by atoms with Crippen molar-refractivity contribution < 1.29 is 23.8 Å². The van der Waals surface area contributed by atoms with Crippen LogP contribution in [0, 0.1) is 3.57 Å². The molecular weight excluding hydrogens is 497 g/mol. The van der Waals surface area contributed by atoms with E-state index in [9.17, 15) is 9.59 Å². The number of halogens is 2. The van der Waals surface area contributed by atoms with E-state index in [0.717, 1.165) is 9.13 Å². The van der Waals surface area contributed by atoms with Crippen molar-refractivity contribution in [2.45, 2.75) is 65.2 Å². The van der Waals surface area contributed by atoms with E-state index in [4.69, 9.17) is 25.8 Å². The van der Waals surface area contributed by atoms with Crippen LogP contribution in [0.1, 0.15) is 47.1 Å². The number of hydrogen-bond donors (Lipinski definition) is 1. The summed E-state index contributed by atoms with van der Waals surface area (Å²) in [5, 5.41) is 2.63. The summed E-state index contributed by atoms with van der Waals surface area (Å²) in [6.45, 7) is 11.0. The van der Waals surface area contributed by atoms with Crippen LogP contribution in [-0.4, -0.2) is 41.8 Å². The third kappa shape index (κ3) is 9.82. The standard InChI is InChI=1S/C20H29ClINO5/c1-19(2,3)27-17(24)16(23-18(25)28-20(4,5)6)12-13-11-14(26-10-9-21)7-8-15(13)22/h7-8,11,16H,9-10,12H2,1-6H3,(H,23,25). The van der Waals surface area contributed by atoms with Crippen LogP contribution in [0.2, 0.25) is 0 Å². The molecule has 8 heteroatoms. The SMILES string of the molecule is CC(C)(C)OC(=O)NC(Cc1cc(OCCCl)ccc1I)C(=O)OC(C)(C)C. The van der Waals surface area contributed by atoms with E-state index in [2.05, 4.69) is 27.9 Å². The Labute approximate surface area is 185 Å². The molecule has 0 fully saturated rings. The van der Waals surface area contributed by atoms with Gasteiger partial charge in [0.25, 0.3) is 0 Å². The normalized spacial score (nSPS) is 12.9. The highest BCUT2D eigenvalue weighted by molar-refractivity contribution is 14.1. The van der Waals surface area contributed by atoms with E-state index in [1.807, 2.05) is 18.2 Å². The molecule has 0 bridgehead atoms. The fourth-order valence-electron chi connectivity index (χ4n) is 2.19. The Kier molecular flexibility index (Phi) is 9.33. The average molecular weight is 526 g/mol. The van der Waals surface area contributed by atoms with Crippen LogP contribution in [-0.2, 0) is 20.7 Å². The Balaban J connectivity index is 3.04. The second-order valence-corrected chi connectivity index (χ2v) is 9.77. The lowest BCUT2D eigenvalue weighted by Crippen LogP contribution is -2.47. The van der Waals surface area contributed by atoms with Gasteiger partial charge in [-0.25, -0.2) is 9.59 Å². The highest BCUT2D eigenvalue weighted by Gasteiger charge is 2.29. The highest BCUT2D eigenvalue weighted by Crippen LogP contribution is 2.22. The molecule has 1 rings (SSSR count). The van der Waals surface area contributed by atoms with Crippen molar-refractivity contribution in [1.82, 2.24) is 5.32 Å². The van der Waals surface area contributed by atoms with Crippen LogP contribution < -0.4 is 10.1 Å². The zero-order valence-electron chi connectivity index (χ0n) is 17.2. The van der Waals surface area contributed by atoms with Gasteiger partial charge in [0.1, 0.15) is 29.6 Å². The zero-order chi connectivity index (χ0) is 21.5. The molecule has 1 aromatic carbocycles. The summed E-state index contributed by atoms with van der Waals surface area (Å²) in [4.78, 5) is 24.9. The molecular formula is C20H29ClINO5. The minimum absolute atomic E-state index is 0.241. The first-order chi connectivity index (χ1) is 12.8. The molecule has 1 amide bonds. The van der Waals surface area contributed by atoms with Gasteiger partial charge < -0.3 is 19.5 Å². The highest BCUT2D eigenvalue weighted by atomic mass is 127. The van der Waals surface area contributed by atoms with E-state index in [-0.39, 0.29) is 6.42 Å². The number of alkyl halides is 1. The molecule has 0 aromatic heterocycles. The maximum absolute atomic E-state index is 12.7. The van der Waals surface area contributed by atoms with Gasteiger partial charge in [-0.3, -0.25) is 0 Å². The van der Waals surface area contributed by atoms with Crippen LogP contribution in [0.15, 0.2) is 18.2 Å². The Hall–Kier alpha value is -1.22. The van der Waals surface area contributed by atoms with Crippen molar-refractivity contribution in [3.05, 3.63) is 27.3 Å². The molecule has 0 aliphatic heterocycles. The molecule has 0 spiro atoms. The van der Waals surface area contributed by atoms with Crippen molar-refractivity contribution in [3.8, 4) is 5.75 Å². The molecule has 0 aliphatic rings. The number of carbonyl (C=O) groups is 2. The molecule has 158 valence electrons. The third-order valence-electron chi connectivity index (χ3n) is 3.17. The van der Waals surface area contributed by atoms with E-state index in [0.29, 0.717) is 18.2 Å². The molecule has 0 radical (unpaired) electrons. The molecule has 0 aliphatic carbocycles. The summed E-state index contributed by atoms with van der Waals surface area (Å²) < 4.78 is 17.3. The maximum Gasteiger partial charge on any atom is 0.408 e. The fourth-order valence-corrected chi connectivity index (χ4v) is 2.82. The van der Waals surface area contributed by atoms with Gasteiger partial charge in [-0.2, -0.15) is 0 Å². The van der Waals surface area contributed by atoms with Crippen molar-refractivity contribution in [2.75, 3.05) is 12.5 Å². The van der Waals surface area contributed by atoms with Gasteiger partial charge in [-0.1, -0.05) is 0 Å². The minimum Gasteiger partial charge on any atom is -0.492 e. The van der Waals surface area contributed by atoms with E-state index >= 15 is 0 Å². The van der Waals surface area contributed by atoms with Gasteiger partial charge in [0.15, 0.2) is 0 Å². The van der Waals surface area contributed by atoms with Gasteiger partial charge >= 0.3 is 12.1 Å². The first kappa shape index (κ1) is 24.8. The Bertz CT molecular complexity index is 682. The van der Waals surface area contributed by atoms with Crippen LogP contribution in [0.3, 0.4) is 0 Å². The summed E-state index contributed by atoms with van der Waals surface area (Å²) in [5.41, 5.74) is -0.505. The number of carbonyl (C=O) groups excluding carboxylic acids is 2. The Morgan fingerprint density at radius 1 is 1.11 bits per heavy atom. The third-order valence-corrected chi connectivity index (χ3v) is 4.38. The zero-order valence-corrected chi connectivity index (χ0v) is 20.1. The van der Waals surface area contributed by atoms with Crippen molar-refractivity contribution in [1.29, 1.82) is 0 Å². The average Bonchev–Trinajstić information content (AvgIpc) is 2.51. The first-order valence-corrected chi connectivity index (χ1v) is 10.6. The van der Waals surface area contributed by atoms with Gasteiger partial charge in [0, 0.05) is 9.99 Å². The molecule has 0 saturated heterocycles. The van der Waals surface area contributed by atoms with E-state index in [1.54, 1.807) is 41.5 Å². The molecule has 1 atom stereocenters. The summed E-state index contributed by atoms with van der Waals surface area (Å²) in [6, 6.07) is 4.66. The second-order valence-electron chi connectivity index (χ2n) is 8.23. The summed E-state index contributed by atoms with van der Waals surface area (Å²) >= 11 is 7.85. The molecule has 1 unspecified atom stereocenters. The number of amides is 1. The number of nitrogens with one attached hydrogen (secondary N) is 1. The van der Waals surface area contributed by atoms with E-state index < -0.39 is 29.3 Å². The van der Waals surface area contributed by atoms with Gasteiger partial charge in [0.05, 0.1) is 5.88 Å². The monoisotopic (exact) mass is 525 g/mol. The molecule has 6 nitrogen and oxygen atoms in total. The predicted molar refractivity (Wildman–Crippen MR) is 118 cm³/mol. The molecule has 28 heavy (non-hydrogen) atoms. The number of alkyl carbamates (subject to hydrolysis) is 1. The van der Waals surface area contributed by atoms with Gasteiger partial charge in [-0.15, -0.1) is 11.6 Å². The predicted octanol–water partition coefficient (Wildman–Crippen LogP) is 4.69. The topological polar surface area (TPSA) is 73.9 Å². The quantitative estimate of drug-likeness (QED) is 0.318. The number of esters is 1. The number of benzene rings is 1. The van der Waals surface area contributed by atoms with Crippen LogP contribution in [0.25, 0.3) is 0 Å². The lowest BCUT2D eigenvalue weighted by molar-refractivity contribution is -0.157. The lowest BCUT2D eigenvalue weighted by Gasteiger charge is -2.26. The molecule has 1 N–H and O–H groups in total. The lowest BCUT2D eigenvalue weighted by atomic mass is 10.1. The molecule has 0 saturated carbocycles. The summed E-state index contributed by atoms with van der Waals surface area (Å²) in [5.74, 6) is 0.500. The van der Waals surface area contributed by atoms with Crippen LogP contribution in [0.5, 0.6) is 5.75 Å². The molecule has 1 aromatic rings. The first-order valence-electron chi connectivity index (χ1n) is 9.00. The number of ether oxygens (including phenoxy) is 3. The second kappa shape index (κ2) is 10.5. The minimum atomic E-state index is -0.897. The Morgan fingerprint density at radius 2 is 1.71 bits per heavy atom. The number of rotatable bonds is 7. The number of hydrogen-bond acceptors (Lipinski definition) is 5. The summed E-state index contributed by atoms with van der Waals surface area (Å²) in [7, 11) is 0. The Morgan fingerprint density at radius 3 is 2.25 bits per heavy atom. The van der Waals surface area contributed by atoms with E-state index in [1.165, 1.54) is 0 Å². The fraction of sp³-hybridized carbons (Fsp3) is 0.600. The largest absolute Gasteiger partial charge is 0.492 e. The van der Waals surface area contributed by atoms with Crippen molar-refractivity contribution >= 4 is 46.3 Å². The van der Waals surface area contributed by atoms with Gasteiger partial charge in [0.2, 0.25) is 0 Å². The van der Waals surface area contributed by atoms with Crippen LogP contribution >= 0.6 is 34.2 Å².